The van der Waals surface area contributed by atoms with E-state index in [1.165, 1.54) is 10.3 Å². The Hall–Kier alpha value is -1.92. The van der Waals surface area contributed by atoms with E-state index < -0.39 is 0 Å². The van der Waals surface area contributed by atoms with Gasteiger partial charge >= 0.3 is 0 Å². The number of amides is 1. The van der Waals surface area contributed by atoms with Crippen LogP contribution in [-0.4, -0.2) is 42.0 Å². The summed E-state index contributed by atoms with van der Waals surface area (Å²) in [6.45, 7) is 7.47. The maximum absolute atomic E-state index is 12.8. The summed E-state index contributed by atoms with van der Waals surface area (Å²) >= 11 is 5.23. The minimum Gasteiger partial charge on any atom is -0.345 e. The van der Waals surface area contributed by atoms with Crippen molar-refractivity contribution < 1.29 is 4.79 Å². The van der Waals surface area contributed by atoms with Crippen LogP contribution in [0.3, 0.4) is 0 Å². The summed E-state index contributed by atoms with van der Waals surface area (Å²) in [5, 5.41) is 1.06. The topological polar surface area (TPSA) is 36.4 Å². The number of benzene rings is 2. The minimum atomic E-state index is 0.0912. The van der Waals surface area contributed by atoms with E-state index in [-0.39, 0.29) is 5.91 Å². The van der Waals surface area contributed by atoms with Crippen molar-refractivity contribution in [1.82, 2.24) is 9.88 Å². The first kappa shape index (κ1) is 18.4. The predicted molar refractivity (Wildman–Crippen MR) is 116 cm³/mol. The Kier molecular flexibility index (Phi) is 5.19. The number of rotatable bonds is 3. The molecule has 1 aliphatic rings. The lowest BCUT2D eigenvalue weighted by atomic mass is 10.0. The van der Waals surface area contributed by atoms with Gasteiger partial charge in [0.1, 0.15) is 0 Å². The van der Waals surface area contributed by atoms with Crippen LogP contribution in [0.15, 0.2) is 46.9 Å². The molecule has 0 radical (unpaired) electrons. The summed E-state index contributed by atoms with van der Waals surface area (Å²) in [7, 11) is 0. The maximum Gasteiger partial charge on any atom is 0.255 e. The number of fused-ring (bicyclic) bond motifs is 1. The second-order valence-corrected chi connectivity index (χ2v) is 8.97. The Labute approximate surface area is 171 Å². The molecule has 1 aromatic heterocycles. The number of piperazine rings is 1. The highest BCUT2D eigenvalue weighted by molar-refractivity contribution is 9.10. The van der Waals surface area contributed by atoms with Gasteiger partial charge in [0.2, 0.25) is 0 Å². The van der Waals surface area contributed by atoms with Crippen LogP contribution in [0.25, 0.3) is 10.2 Å². The van der Waals surface area contributed by atoms with Crippen LogP contribution in [0.4, 0.5) is 5.13 Å². The first-order valence-corrected chi connectivity index (χ1v) is 10.8. The van der Waals surface area contributed by atoms with Crippen LogP contribution >= 0.6 is 27.3 Å². The molecule has 3 aromatic rings. The van der Waals surface area contributed by atoms with E-state index in [4.69, 9.17) is 4.98 Å². The van der Waals surface area contributed by atoms with Gasteiger partial charge in [-0.15, -0.1) is 0 Å². The second-order valence-electron chi connectivity index (χ2n) is 7.10. The number of hydrogen-bond acceptors (Lipinski definition) is 4. The van der Waals surface area contributed by atoms with Gasteiger partial charge in [0.05, 0.1) is 15.8 Å². The first-order valence-electron chi connectivity index (χ1n) is 9.23. The lowest BCUT2D eigenvalue weighted by Gasteiger charge is -2.34. The van der Waals surface area contributed by atoms with Gasteiger partial charge in [0.25, 0.3) is 5.91 Å². The number of para-hydroxylation sites is 1. The van der Waals surface area contributed by atoms with Gasteiger partial charge in [-0.3, -0.25) is 4.79 Å². The Morgan fingerprint density at radius 2 is 1.81 bits per heavy atom. The molecule has 0 bridgehead atoms. The van der Waals surface area contributed by atoms with Crippen LogP contribution in [0.5, 0.6) is 0 Å². The summed E-state index contributed by atoms with van der Waals surface area (Å²) in [6, 6.07) is 14.1. The molecular formula is C21H22BrN3OS. The normalized spacial score (nSPS) is 15.0. The van der Waals surface area contributed by atoms with E-state index in [1.807, 2.05) is 29.2 Å². The molecule has 6 heteroatoms. The van der Waals surface area contributed by atoms with Crippen molar-refractivity contribution in [3.8, 4) is 0 Å². The lowest BCUT2D eigenvalue weighted by molar-refractivity contribution is 0.0746. The van der Waals surface area contributed by atoms with Gasteiger partial charge in [-0.2, -0.15) is 0 Å². The molecule has 1 aliphatic heterocycles. The molecule has 4 rings (SSSR count). The zero-order chi connectivity index (χ0) is 19.0. The number of anilines is 1. The molecule has 0 N–H and O–H groups in total. The van der Waals surface area contributed by atoms with Gasteiger partial charge in [-0.1, -0.05) is 49.4 Å². The summed E-state index contributed by atoms with van der Waals surface area (Å²) in [6.07, 6.45) is 0. The van der Waals surface area contributed by atoms with Crippen molar-refractivity contribution >= 4 is 48.5 Å². The van der Waals surface area contributed by atoms with Crippen molar-refractivity contribution in [2.24, 2.45) is 0 Å². The number of halogens is 1. The smallest absolute Gasteiger partial charge is 0.255 e. The molecule has 0 spiro atoms. The molecule has 140 valence electrons. The number of aromatic nitrogens is 1. The third-order valence-electron chi connectivity index (χ3n) is 5.00. The van der Waals surface area contributed by atoms with E-state index in [9.17, 15) is 4.79 Å². The molecule has 0 aliphatic carbocycles. The molecule has 0 saturated carbocycles. The molecular weight excluding hydrogens is 422 g/mol. The first-order chi connectivity index (χ1) is 13.0. The second kappa shape index (κ2) is 7.60. The molecule has 2 heterocycles. The van der Waals surface area contributed by atoms with Gasteiger partial charge in [-0.05, 0) is 45.6 Å². The molecule has 0 unspecified atom stereocenters. The molecule has 1 saturated heterocycles. The van der Waals surface area contributed by atoms with Crippen LogP contribution in [0, 0.1) is 0 Å². The summed E-state index contributed by atoms with van der Waals surface area (Å²) in [5.41, 5.74) is 3.16. The predicted octanol–water partition coefficient (Wildman–Crippen LogP) is 5.14. The molecule has 2 aromatic carbocycles. The third kappa shape index (κ3) is 3.60. The maximum atomic E-state index is 12.8. The Balaban J connectivity index is 1.50. The van der Waals surface area contributed by atoms with E-state index in [0.717, 1.165) is 33.8 Å². The fourth-order valence-electron chi connectivity index (χ4n) is 3.47. The van der Waals surface area contributed by atoms with Crippen molar-refractivity contribution in [3.63, 3.8) is 0 Å². The fraction of sp³-hybridized carbons (Fsp3) is 0.333. The molecule has 1 fully saturated rings. The molecule has 1 amide bonds. The highest BCUT2D eigenvalue weighted by Gasteiger charge is 2.25. The monoisotopic (exact) mass is 443 g/mol. The van der Waals surface area contributed by atoms with Crippen LogP contribution in [0.2, 0.25) is 0 Å². The van der Waals surface area contributed by atoms with E-state index in [1.54, 1.807) is 11.3 Å². The van der Waals surface area contributed by atoms with Crippen molar-refractivity contribution in [3.05, 3.63) is 58.1 Å². The minimum absolute atomic E-state index is 0.0912. The number of thiazole rings is 1. The van der Waals surface area contributed by atoms with Crippen molar-refractivity contribution in [2.45, 2.75) is 19.8 Å². The number of carbonyl (C=O) groups excluding carboxylic acids is 1. The molecule has 4 nitrogen and oxygen atoms in total. The molecule has 0 atom stereocenters. The average Bonchev–Trinajstić information content (AvgIpc) is 3.12. The van der Waals surface area contributed by atoms with Crippen molar-refractivity contribution in [1.29, 1.82) is 0 Å². The quantitative estimate of drug-likeness (QED) is 0.561. The third-order valence-corrected chi connectivity index (χ3v) is 6.78. The summed E-state index contributed by atoms with van der Waals surface area (Å²) in [4.78, 5) is 22.0. The standard InChI is InChI=1S/C21H22BrN3OS/c1-14(2)15-7-5-9-18-19(15)23-21(27-18)25-12-10-24(11-13-25)20(26)16-6-3-4-8-17(16)22/h3-9,14H,10-13H2,1-2H3. The van der Waals surface area contributed by atoms with Gasteiger partial charge < -0.3 is 9.80 Å². The van der Waals surface area contributed by atoms with Crippen LogP contribution in [-0.2, 0) is 0 Å². The highest BCUT2D eigenvalue weighted by Crippen LogP contribution is 2.34. The Morgan fingerprint density at radius 1 is 1.07 bits per heavy atom. The SMILES string of the molecule is CC(C)c1cccc2sc(N3CCN(C(=O)c4ccccc4Br)CC3)nc12. The van der Waals surface area contributed by atoms with Gasteiger partial charge in [0, 0.05) is 30.7 Å². The number of hydrogen-bond donors (Lipinski definition) is 0. The lowest BCUT2D eigenvalue weighted by Crippen LogP contribution is -2.48. The Morgan fingerprint density at radius 3 is 2.52 bits per heavy atom. The van der Waals surface area contributed by atoms with Gasteiger partial charge in [-0.25, -0.2) is 4.98 Å². The zero-order valence-corrected chi connectivity index (χ0v) is 17.9. The molecule has 27 heavy (non-hydrogen) atoms. The largest absolute Gasteiger partial charge is 0.345 e. The number of nitrogens with zero attached hydrogens (tertiary/aromatic N) is 3. The van der Waals surface area contributed by atoms with Gasteiger partial charge in [0.15, 0.2) is 5.13 Å². The summed E-state index contributed by atoms with van der Waals surface area (Å²) in [5.74, 6) is 0.552. The van der Waals surface area contributed by atoms with E-state index >= 15 is 0 Å². The number of carbonyl (C=O) groups is 1. The Bertz CT molecular complexity index is 976. The highest BCUT2D eigenvalue weighted by atomic mass is 79.9. The van der Waals surface area contributed by atoms with E-state index in [0.29, 0.717) is 19.0 Å². The van der Waals surface area contributed by atoms with Crippen LogP contribution < -0.4 is 4.90 Å². The van der Waals surface area contributed by atoms with E-state index in [2.05, 4.69) is 52.9 Å². The summed E-state index contributed by atoms with van der Waals surface area (Å²) < 4.78 is 2.09. The average molecular weight is 444 g/mol. The van der Waals surface area contributed by atoms with Crippen LogP contribution in [0.1, 0.15) is 35.7 Å². The fourth-order valence-corrected chi connectivity index (χ4v) is 4.97. The zero-order valence-electron chi connectivity index (χ0n) is 15.5. The van der Waals surface area contributed by atoms with Crippen molar-refractivity contribution in [2.75, 3.05) is 31.1 Å².